The number of carbonyl (C=O) groups is 1. The lowest BCUT2D eigenvalue weighted by atomic mass is 10.1. The number of phenols is 1. The molecule has 0 radical (unpaired) electrons. The third-order valence-corrected chi connectivity index (χ3v) is 3.83. The molecule has 0 bridgehead atoms. The second kappa shape index (κ2) is 5.57. The topological polar surface area (TPSA) is 89.7 Å². The van der Waals surface area contributed by atoms with E-state index in [0.29, 0.717) is 5.56 Å². The Labute approximate surface area is 139 Å². The number of aromatic hydroxyl groups is 1. The maximum atomic E-state index is 12.3. The molecule has 23 heavy (non-hydrogen) atoms. The van der Waals surface area contributed by atoms with E-state index in [2.05, 4.69) is 0 Å². The second-order valence-corrected chi connectivity index (χ2v) is 5.49. The van der Waals surface area contributed by atoms with Gasteiger partial charge < -0.3 is 9.84 Å². The van der Waals surface area contributed by atoms with Gasteiger partial charge in [0.2, 0.25) is 5.78 Å². The molecule has 1 N–H and O–H groups in total. The Morgan fingerprint density at radius 2 is 1.87 bits per heavy atom. The first-order valence-electron chi connectivity index (χ1n) is 6.28. The van der Waals surface area contributed by atoms with Gasteiger partial charge in [0, 0.05) is 6.07 Å². The quantitative estimate of drug-likeness (QED) is 0.496. The zero-order valence-corrected chi connectivity index (χ0v) is 12.8. The van der Waals surface area contributed by atoms with Crippen LogP contribution in [0.25, 0.3) is 6.08 Å². The number of nitro groups is 1. The van der Waals surface area contributed by atoms with Crippen molar-refractivity contribution in [3.05, 3.63) is 67.4 Å². The first-order valence-corrected chi connectivity index (χ1v) is 7.03. The summed E-state index contributed by atoms with van der Waals surface area (Å²) in [6.07, 6.45) is 1.32. The Balaban J connectivity index is 2.05. The Hall–Kier alpha value is -2.57. The largest absolute Gasteiger partial charge is 0.502 e. The number of hydrogen-bond donors (Lipinski definition) is 1. The van der Waals surface area contributed by atoms with Gasteiger partial charge in [0.15, 0.2) is 17.3 Å². The Kier molecular flexibility index (Phi) is 3.71. The van der Waals surface area contributed by atoms with Crippen LogP contribution < -0.4 is 4.74 Å². The van der Waals surface area contributed by atoms with E-state index < -0.39 is 22.1 Å². The number of ether oxygens (including phenoxy) is 1. The summed E-state index contributed by atoms with van der Waals surface area (Å²) in [5.41, 5.74) is -0.00466. The summed E-state index contributed by atoms with van der Waals surface area (Å²) < 4.78 is 5.43. The average molecular weight is 352 g/mol. The number of ketones is 1. The molecule has 0 aromatic heterocycles. The van der Waals surface area contributed by atoms with Crippen LogP contribution in [0.4, 0.5) is 5.69 Å². The number of hydrogen-bond acceptors (Lipinski definition) is 5. The highest BCUT2D eigenvalue weighted by molar-refractivity contribution is 6.39. The van der Waals surface area contributed by atoms with Gasteiger partial charge in [-0.05, 0) is 29.8 Å². The molecule has 0 saturated carbocycles. The summed E-state index contributed by atoms with van der Waals surface area (Å²) in [5.74, 6) is -0.841. The molecule has 1 aliphatic heterocycles. The number of nitrogens with zero attached hydrogens (tertiary/aromatic N) is 1. The predicted molar refractivity (Wildman–Crippen MR) is 84.2 cm³/mol. The SMILES string of the molecule is O=C1/C(=C/c2ccc(O)c([N+](=O)[O-])c2)Oc2c(Cl)ccc(Cl)c21. The van der Waals surface area contributed by atoms with E-state index in [1.54, 1.807) is 0 Å². The molecular weight excluding hydrogens is 345 g/mol. The lowest BCUT2D eigenvalue weighted by Gasteiger charge is -2.01. The second-order valence-electron chi connectivity index (χ2n) is 4.68. The minimum atomic E-state index is -0.725. The number of nitro benzene ring substituents is 1. The fourth-order valence-corrected chi connectivity index (χ4v) is 2.58. The van der Waals surface area contributed by atoms with Gasteiger partial charge in [-0.3, -0.25) is 14.9 Å². The Bertz CT molecular complexity index is 892. The van der Waals surface area contributed by atoms with Crippen molar-refractivity contribution in [2.24, 2.45) is 0 Å². The molecule has 2 aromatic carbocycles. The van der Waals surface area contributed by atoms with Crippen LogP contribution >= 0.6 is 23.2 Å². The standard InChI is InChI=1S/C15H7Cl2NO5/c16-8-2-3-9(17)15-13(8)14(20)12(23-15)6-7-1-4-11(19)10(5-7)18(21)22/h1-6,19H/b12-6-. The van der Waals surface area contributed by atoms with Gasteiger partial charge in [-0.2, -0.15) is 0 Å². The van der Waals surface area contributed by atoms with Gasteiger partial charge in [0.25, 0.3) is 0 Å². The zero-order valence-electron chi connectivity index (χ0n) is 11.2. The van der Waals surface area contributed by atoms with Crippen LogP contribution in [0.5, 0.6) is 11.5 Å². The van der Waals surface area contributed by atoms with Crippen LogP contribution in [0.1, 0.15) is 15.9 Å². The molecule has 1 aliphatic rings. The molecular formula is C15H7Cl2NO5. The van der Waals surface area contributed by atoms with Crippen LogP contribution in [-0.4, -0.2) is 15.8 Å². The summed E-state index contributed by atoms with van der Waals surface area (Å²) in [7, 11) is 0. The van der Waals surface area contributed by atoms with Crippen LogP contribution in [0.2, 0.25) is 10.0 Å². The van der Waals surface area contributed by atoms with Crippen molar-refractivity contribution in [1.82, 2.24) is 0 Å². The van der Waals surface area contributed by atoms with Crippen molar-refractivity contribution in [3.63, 3.8) is 0 Å². The molecule has 6 nitrogen and oxygen atoms in total. The van der Waals surface area contributed by atoms with Crippen molar-refractivity contribution in [1.29, 1.82) is 0 Å². The van der Waals surface area contributed by atoms with Crippen LogP contribution in [0.3, 0.4) is 0 Å². The first-order chi connectivity index (χ1) is 10.9. The molecule has 3 rings (SSSR count). The van der Waals surface area contributed by atoms with Gasteiger partial charge in [0.1, 0.15) is 0 Å². The maximum Gasteiger partial charge on any atom is 0.311 e. The maximum absolute atomic E-state index is 12.3. The van der Waals surface area contributed by atoms with Crippen LogP contribution in [0.15, 0.2) is 36.1 Å². The van der Waals surface area contributed by atoms with Crippen molar-refractivity contribution in [2.45, 2.75) is 0 Å². The number of phenolic OH excluding ortho intramolecular Hbond substituents is 1. The molecule has 116 valence electrons. The normalized spacial score (nSPS) is 14.7. The smallest absolute Gasteiger partial charge is 0.311 e. The van der Waals surface area contributed by atoms with E-state index in [4.69, 9.17) is 27.9 Å². The predicted octanol–water partition coefficient (Wildman–Crippen LogP) is 4.22. The fourth-order valence-electron chi connectivity index (χ4n) is 2.15. The summed E-state index contributed by atoms with van der Waals surface area (Å²) >= 11 is 12.0. The van der Waals surface area contributed by atoms with E-state index in [9.17, 15) is 20.0 Å². The van der Waals surface area contributed by atoms with Gasteiger partial charge in [-0.1, -0.05) is 29.3 Å². The summed E-state index contributed by atoms with van der Waals surface area (Å²) in [5, 5.41) is 20.7. The third-order valence-electron chi connectivity index (χ3n) is 3.22. The van der Waals surface area contributed by atoms with E-state index in [-0.39, 0.29) is 27.1 Å². The molecule has 1 heterocycles. The molecule has 0 amide bonds. The minimum Gasteiger partial charge on any atom is -0.502 e. The summed E-state index contributed by atoms with van der Waals surface area (Å²) in [6.45, 7) is 0. The molecule has 0 unspecified atom stereocenters. The highest BCUT2D eigenvalue weighted by atomic mass is 35.5. The average Bonchev–Trinajstić information content (AvgIpc) is 2.83. The lowest BCUT2D eigenvalue weighted by Crippen LogP contribution is -1.99. The number of allylic oxidation sites excluding steroid dienone is 1. The van der Waals surface area contributed by atoms with Crippen LogP contribution in [0, 0.1) is 10.1 Å². The van der Waals surface area contributed by atoms with E-state index in [1.165, 1.54) is 24.3 Å². The molecule has 0 aliphatic carbocycles. The van der Waals surface area contributed by atoms with E-state index in [0.717, 1.165) is 12.1 Å². The van der Waals surface area contributed by atoms with E-state index >= 15 is 0 Å². The molecule has 0 saturated heterocycles. The summed E-state index contributed by atoms with van der Waals surface area (Å²) in [4.78, 5) is 22.5. The molecule has 8 heteroatoms. The number of Topliss-reactive ketones (excluding diaryl/α,β-unsaturated/α-hetero) is 1. The number of rotatable bonds is 2. The third kappa shape index (κ3) is 2.62. The Morgan fingerprint density at radius 3 is 2.52 bits per heavy atom. The number of halogens is 2. The number of carbonyl (C=O) groups excluding carboxylic acids is 1. The lowest BCUT2D eigenvalue weighted by molar-refractivity contribution is -0.385. The number of fused-ring (bicyclic) bond motifs is 1. The number of benzene rings is 2. The molecule has 0 fully saturated rings. The van der Waals surface area contributed by atoms with Crippen molar-refractivity contribution in [3.8, 4) is 11.5 Å². The van der Waals surface area contributed by atoms with E-state index in [1.807, 2.05) is 0 Å². The minimum absolute atomic E-state index is 0.0602. The van der Waals surface area contributed by atoms with Gasteiger partial charge >= 0.3 is 5.69 Å². The van der Waals surface area contributed by atoms with Crippen molar-refractivity contribution in [2.75, 3.05) is 0 Å². The molecule has 0 spiro atoms. The first kappa shape index (κ1) is 15.3. The van der Waals surface area contributed by atoms with Crippen LogP contribution in [-0.2, 0) is 0 Å². The Morgan fingerprint density at radius 1 is 1.17 bits per heavy atom. The highest BCUT2D eigenvalue weighted by Crippen LogP contribution is 2.42. The molecule has 0 atom stereocenters. The van der Waals surface area contributed by atoms with Gasteiger partial charge in [-0.15, -0.1) is 0 Å². The molecule has 2 aromatic rings. The monoisotopic (exact) mass is 351 g/mol. The summed E-state index contributed by atoms with van der Waals surface area (Å²) in [6, 6.07) is 6.70. The van der Waals surface area contributed by atoms with Crippen molar-refractivity contribution >= 4 is 40.7 Å². The highest BCUT2D eigenvalue weighted by Gasteiger charge is 2.32. The van der Waals surface area contributed by atoms with Crippen molar-refractivity contribution < 1.29 is 19.6 Å². The zero-order chi connectivity index (χ0) is 16.7. The van der Waals surface area contributed by atoms with Gasteiger partial charge in [0.05, 0.1) is 20.5 Å². The fraction of sp³-hybridized carbons (Fsp3) is 0. The van der Waals surface area contributed by atoms with Gasteiger partial charge in [-0.25, -0.2) is 0 Å².